The number of nitrogens with zero attached hydrogens (tertiary/aromatic N) is 3. The van der Waals surface area contributed by atoms with Crippen LogP contribution in [0.2, 0.25) is 0 Å². The van der Waals surface area contributed by atoms with Crippen molar-refractivity contribution in [2.75, 3.05) is 25.7 Å². The van der Waals surface area contributed by atoms with Crippen molar-refractivity contribution in [1.29, 1.82) is 0 Å². The Kier molecular flexibility index (Phi) is 5.11. The van der Waals surface area contributed by atoms with Gasteiger partial charge >= 0.3 is 0 Å². The fraction of sp³-hybridized carbons (Fsp3) is 0.333. The molecule has 0 N–H and O–H groups in total. The zero-order valence-corrected chi connectivity index (χ0v) is 15.0. The Bertz CT molecular complexity index is 885. The molecule has 1 atom stereocenters. The van der Waals surface area contributed by atoms with E-state index in [-0.39, 0.29) is 17.4 Å². The van der Waals surface area contributed by atoms with E-state index in [1.165, 1.54) is 12.1 Å². The van der Waals surface area contributed by atoms with Crippen molar-refractivity contribution in [2.24, 2.45) is 0 Å². The van der Waals surface area contributed by atoms with Gasteiger partial charge in [-0.1, -0.05) is 0 Å². The number of rotatable bonds is 6. The van der Waals surface area contributed by atoms with Gasteiger partial charge in [-0.25, -0.2) is 0 Å². The number of methoxy groups -OCH3 is 2. The van der Waals surface area contributed by atoms with Crippen LogP contribution in [0.5, 0.6) is 11.5 Å². The number of hydrogen-bond acceptors (Lipinski definition) is 7. The summed E-state index contributed by atoms with van der Waals surface area (Å²) in [5.74, 6) is 1.29. The molecule has 3 rings (SSSR count). The van der Waals surface area contributed by atoms with Crippen LogP contribution in [-0.2, 0) is 0 Å². The van der Waals surface area contributed by atoms with Crippen LogP contribution >= 0.6 is 0 Å². The topological polar surface area (TPSA) is 108 Å². The molecule has 1 aliphatic heterocycles. The molecule has 0 bridgehead atoms. The third kappa shape index (κ3) is 3.48. The monoisotopic (exact) mass is 373 g/mol. The Balaban J connectivity index is 2.05. The van der Waals surface area contributed by atoms with Gasteiger partial charge in [0.2, 0.25) is 0 Å². The number of non-ortho nitro benzene ring substituents is 1. The number of hydrogen-bond donors (Lipinski definition) is 0. The molecule has 0 aromatic heterocycles. The van der Waals surface area contributed by atoms with Gasteiger partial charge in [-0.15, -0.1) is 0 Å². The summed E-state index contributed by atoms with van der Waals surface area (Å²) in [6, 6.07) is 9.10. The number of benzene rings is 2. The van der Waals surface area contributed by atoms with E-state index >= 15 is 0 Å². The maximum Gasteiger partial charge on any atom is 0.299 e. The minimum absolute atomic E-state index is 0.133. The molecule has 0 spiro atoms. The number of ether oxygens (including phenoxy) is 2. The van der Waals surface area contributed by atoms with Crippen molar-refractivity contribution in [2.45, 2.75) is 18.9 Å². The number of nitro groups is 2. The molecule has 142 valence electrons. The number of anilines is 1. The molecule has 0 aliphatic carbocycles. The fourth-order valence-electron chi connectivity index (χ4n) is 3.49. The Morgan fingerprint density at radius 3 is 2.44 bits per heavy atom. The Morgan fingerprint density at radius 1 is 1.04 bits per heavy atom. The van der Waals surface area contributed by atoms with Gasteiger partial charge in [0.25, 0.3) is 11.4 Å². The SMILES string of the molecule is COc1ccc(C2CCCN2c2ccc([N+](=O)[O-])cc2[N+](=O)[O-])c(OC)c1. The second kappa shape index (κ2) is 7.48. The van der Waals surface area contributed by atoms with E-state index < -0.39 is 9.85 Å². The van der Waals surface area contributed by atoms with E-state index in [1.54, 1.807) is 20.3 Å². The Labute approximate surface area is 155 Å². The molecule has 1 unspecified atom stereocenters. The molecule has 9 heteroatoms. The highest BCUT2D eigenvalue weighted by Crippen LogP contribution is 2.44. The van der Waals surface area contributed by atoms with Crippen molar-refractivity contribution in [3.8, 4) is 11.5 Å². The lowest BCUT2D eigenvalue weighted by molar-refractivity contribution is -0.393. The molecule has 27 heavy (non-hydrogen) atoms. The lowest BCUT2D eigenvalue weighted by Gasteiger charge is -2.28. The predicted octanol–water partition coefficient (Wildman–Crippen LogP) is 3.86. The van der Waals surface area contributed by atoms with E-state index in [0.29, 0.717) is 23.7 Å². The van der Waals surface area contributed by atoms with Crippen LogP contribution < -0.4 is 14.4 Å². The first-order valence-corrected chi connectivity index (χ1v) is 8.37. The van der Waals surface area contributed by atoms with E-state index in [2.05, 4.69) is 0 Å². The van der Waals surface area contributed by atoms with Crippen LogP contribution in [0.25, 0.3) is 0 Å². The van der Waals surface area contributed by atoms with Crippen molar-refractivity contribution < 1.29 is 19.3 Å². The maximum absolute atomic E-state index is 11.5. The zero-order valence-electron chi connectivity index (χ0n) is 15.0. The first-order chi connectivity index (χ1) is 13.0. The van der Waals surface area contributed by atoms with Crippen LogP contribution in [-0.4, -0.2) is 30.6 Å². The van der Waals surface area contributed by atoms with Gasteiger partial charge in [-0.05, 0) is 31.0 Å². The highest BCUT2D eigenvalue weighted by Gasteiger charge is 2.33. The highest BCUT2D eigenvalue weighted by molar-refractivity contribution is 5.68. The highest BCUT2D eigenvalue weighted by atomic mass is 16.6. The van der Waals surface area contributed by atoms with Gasteiger partial charge in [-0.3, -0.25) is 20.2 Å². The van der Waals surface area contributed by atoms with Crippen molar-refractivity contribution >= 4 is 17.1 Å². The summed E-state index contributed by atoms with van der Waals surface area (Å²) in [6.45, 7) is 0.610. The van der Waals surface area contributed by atoms with Crippen LogP contribution in [0, 0.1) is 20.2 Å². The van der Waals surface area contributed by atoms with Gasteiger partial charge in [0.05, 0.1) is 36.2 Å². The molecular weight excluding hydrogens is 354 g/mol. The number of nitro benzene ring substituents is 2. The van der Waals surface area contributed by atoms with Crippen molar-refractivity contribution in [3.63, 3.8) is 0 Å². The van der Waals surface area contributed by atoms with Crippen LogP contribution in [0.3, 0.4) is 0 Å². The molecule has 0 radical (unpaired) electrons. The molecule has 1 saturated heterocycles. The van der Waals surface area contributed by atoms with Crippen molar-refractivity contribution in [1.82, 2.24) is 0 Å². The summed E-state index contributed by atoms with van der Waals surface area (Å²) in [5.41, 5.74) is 0.682. The van der Waals surface area contributed by atoms with Gasteiger partial charge in [0.1, 0.15) is 17.2 Å². The smallest absolute Gasteiger partial charge is 0.299 e. The molecular formula is C18H19N3O6. The second-order valence-corrected chi connectivity index (χ2v) is 6.15. The quantitative estimate of drug-likeness (QED) is 0.559. The predicted molar refractivity (Wildman–Crippen MR) is 98.6 cm³/mol. The summed E-state index contributed by atoms with van der Waals surface area (Å²) in [5, 5.41) is 22.5. The first-order valence-electron chi connectivity index (χ1n) is 8.37. The van der Waals surface area contributed by atoms with Gasteiger partial charge in [0.15, 0.2) is 0 Å². The summed E-state index contributed by atoms with van der Waals surface area (Å²) in [6.07, 6.45) is 1.63. The molecule has 1 heterocycles. The van der Waals surface area contributed by atoms with Crippen LogP contribution in [0.1, 0.15) is 24.4 Å². The third-order valence-corrected chi connectivity index (χ3v) is 4.73. The molecule has 0 saturated carbocycles. The van der Waals surface area contributed by atoms with Crippen LogP contribution in [0.4, 0.5) is 17.1 Å². The molecule has 9 nitrogen and oxygen atoms in total. The summed E-state index contributed by atoms with van der Waals surface area (Å²) < 4.78 is 10.7. The van der Waals surface area contributed by atoms with E-state index in [9.17, 15) is 20.2 Å². The molecule has 2 aromatic rings. The van der Waals surface area contributed by atoms with E-state index in [0.717, 1.165) is 24.5 Å². The fourth-order valence-corrected chi connectivity index (χ4v) is 3.49. The van der Waals surface area contributed by atoms with E-state index in [4.69, 9.17) is 9.47 Å². The first kappa shape index (κ1) is 18.4. The minimum Gasteiger partial charge on any atom is -0.497 e. The summed E-state index contributed by atoms with van der Waals surface area (Å²) in [7, 11) is 3.13. The van der Waals surface area contributed by atoms with E-state index in [1.807, 2.05) is 17.0 Å². The summed E-state index contributed by atoms with van der Waals surface area (Å²) in [4.78, 5) is 23.2. The third-order valence-electron chi connectivity index (χ3n) is 4.73. The molecule has 1 fully saturated rings. The van der Waals surface area contributed by atoms with Gasteiger partial charge < -0.3 is 14.4 Å². The van der Waals surface area contributed by atoms with Gasteiger partial charge in [-0.2, -0.15) is 0 Å². The lowest BCUT2D eigenvalue weighted by atomic mass is 10.0. The minimum atomic E-state index is -0.634. The average molecular weight is 373 g/mol. The van der Waals surface area contributed by atoms with Crippen molar-refractivity contribution in [3.05, 3.63) is 62.2 Å². The maximum atomic E-state index is 11.5. The lowest BCUT2D eigenvalue weighted by Crippen LogP contribution is -2.24. The second-order valence-electron chi connectivity index (χ2n) is 6.15. The molecule has 2 aromatic carbocycles. The average Bonchev–Trinajstić information content (AvgIpc) is 3.16. The summed E-state index contributed by atoms with van der Waals surface area (Å²) >= 11 is 0. The van der Waals surface area contributed by atoms with Crippen LogP contribution in [0.15, 0.2) is 36.4 Å². The zero-order chi connectivity index (χ0) is 19.6. The standard InChI is InChI=1S/C18H19N3O6/c1-26-13-6-7-14(18(11-13)27-2)15-4-3-9-19(15)16-8-5-12(20(22)23)10-17(16)21(24)25/h5-8,10-11,15H,3-4,9H2,1-2H3. The largest absolute Gasteiger partial charge is 0.497 e. The molecule has 1 aliphatic rings. The Hall–Kier alpha value is -3.36. The normalized spacial score (nSPS) is 16.2. The molecule has 0 amide bonds. The Morgan fingerprint density at radius 2 is 1.81 bits per heavy atom. The van der Waals surface area contributed by atoms with Gasteiger partial charge in [0, 0.05) is 24.2 Å².